The maximum absolute atomic E-state index is 11.8. The van der Waals surface area contributed by atoms with Gasteiger partial charge in [0.2, 0.25) is 5.91 Å². The molecular formula is C19H29N7O. The van der Waals surface area contributed by atoms with Crippen molar-refractivity contribution < 1.29 is 4.79 Å². The third-order valence-electron chi connectivity index (χ3n) is 5.93. The molecular weight excluding hydrogens is 342 g/mol. The van der Waals surface area contributed by atoms with Crippen molar-refractivity contribution in [3.8, 4) is 0 Å². The van der Waals surface area contributed by atoms with Gasteiger partial charge >= 0.3 is 0 Å². The van der Waals surface area contributed by atoms with Crippen LogP contribution in [0.5, 0.6) is 0 Å². The van der Waals surface area contributed by atoms with E-state index in [9.17, 15) is 4.79 Å². The predicted molar refractivity (Wildman–Crippen MR) is 104 cm³/mol. The molecule has 0 aromatic carbocycles. The number of carbonyl (C=O) groups is 1. The first-order valence-corrected chi connectivity index (χ1v) is 9.92. The average molecular weight is 371 g/mol. The van der Waals surface area contributed by atoms with Crippen molar-refractivity contribution in [3.05, 3.63) is 18.0 Å². The van der Waals surface area contributed by atoms with Crippen LogP contribution < -0.4 is 4.90 Å². The number of amides is 1. The van der Waals surface area contributed by atoms with Crippen molar-refractivity contribution in [2.45, 2.75) is 44.6 Å². The van der Waals surface area contributed by atoms with Crippen LogP contribution in [0.2, 0.25) is 0 Å². The Morgan fingerprint density at radius 3 is 2.63 bits per heavy atom. The number of fused-ring (bicyclic) bond motifs is 1. The Bertz CT molecular complexity index is 809. The maximum Gasteiger partial charge on any atom is 0.219 e. The fourth-order valence-electron chi connectivity index (χ4n) is 4.40. The molecule has 2 aromatic rings. The Labute approximate surface area is 160 Å². The van der Waals surface area contributed by atoms with E-state index in [2.05, 4.69) is 15.1 Å². The van der Waals surface area contributed by atoms with Gasteiger partial charge in [-0.25, -0.2) is 0 Å². The number of rotatable bonds is 4. The molecule has 0 aliphatic carbocycles. The molecule has 2 saturated heterocycles. The Morgan fingerprint density at radius 2 is 1.93 bits per heavy atom. The molecule has 8 heteroatoms. The summed E-state index contributed by atoms with van der Waals surface area (Å²) in [5.41, 5.74) is 0.807. The normalized spacial score (nSPS) is 21.9. The lowest BCUT2D eigenvalue weighted by atomic mass is 9.95. The van der Waals surface area contributed by atoms with E-state index in [0.717, 1.165) is 69.2 Å². The minimum atomic E-state index is 0.213. The molecule has 0 N–H and O–H groups in total. The molecule has 4 heterocycles. The number of hydrogen-bond acceptors (Lipinski definition) is 6. The van der Waals surface area contributed by atoms with Gasteiger partial charge in [-0.05, 0) is 50.9 Å². The number of piperidine rings is 1. The lowest BCUT2D eigenvalue weighted by Crippen LogP contribution is -2.44. The van der Waals surface area contributed by atoms with Crippen LogP contribution in [0.1, 0.15) is 44.3 Å². The summed E-state index contributed by atoms with van der Waals surface area (Å²) < 4.78 is 1.91. The van der Waals surface area contributed by atoms with Crippen molar-refractivity contribution in [1.29, 1.82) is 0 Å². The molecule has 2 aliphatic rings. The number of aromatic nitrogens is 4. The first-order valence-electron chi connectivity index (χ1n) is 9.92. The Morgan fingerprint density at radius 1 is 1.15 bits per heavy atom. The van der Waals surface area contributed by atoms with E-state index in [1.54, 1.807) is 6.92 Å². The van der Waals surface area contributed by atoms with E-state index in [1.165, 1.54) is 0 Å². The van der Waals surface area contributed by atoms with Gasteiger partial charge in [-0.15, -0.1) is 15.3 Å². The average Bonchev–Trinajstić information content (AvgIpc) is 3.28. The Hall–Kier alpha value is -2.22. The van der Waals surface area contributed by atoms with Gasteiger partial charge in [0, 0.05) is 46.1 Å². The van der Waals surface area contributed by atoms with Crippen molar-refractivity contribution in [3.63, 3.8) is 0 Å². The van der Waals surface area contributed by atoms with Gasteiger partial charge in [0.25, 0.3) is 0 Å². The van der Waals surface area contributed by atoms with E-state index in [1.807, 2.05) is 40.5 Å². The molecule has 2 aromatic heterocycles. The van der Waals surface area contributed by atoms with Gasteiger partial charge in [0.15, 0.2) is 11.5 Å². The summed E-state index contributed by atoms with van der Waals surface area (Å²) in [4.78, 5) is 18.3. The summed E-state index contributed by atoms with van der Waals surface area (Å²) in [6, 6.07) is 4.33. The van der Waals surface area contributed by atoms with Gasteiger partial charge in [-0.1, -0.05) is 0 Å². The zero-order valence-corrected chi connectivity index (χ0v) is 16.5. The molecule has 0 radical (unpaired) electrons. The highest BCUT2D eigenvalue weighted by molar-refractivity contribution is 5.73. The number of nitrogens with zero attached hydrogens (tertiary/aromatic N) is 7. The summed E-state index contributed by atoms with van der Waals surface area (Å²) in [7, 11) is 3.98. The number of carbonyl (C=O) groups excluding carboxylic acids is 1. The second-order valence-corrected chi connectivity index (χ2v) is 8.00. The minimum absolute atomic E-state index is 0.213. The fraction of sp³-hybridized carbons (Fsp3) is 0.684. The number of hydrogen-bond donors (Lipinski definition) is 0. The molecule has 1 amide bonds. The molecule has 27 heavy (non-hydrogen) atoms. The van der Waals surface area contributed by atoms with Gasteiger partial charge in [0.1, 0.15) is 5.82 Å². The molecule has 2 aliphatic heterocycles. The lowest BCUT2D eigenvalue weighted by molar-refractivity contribution is -0.130. The van der Waals surface area contributed by atoms with Gasteiger partial charge < -0.3 is 14.7 Å². The molecule has 1 unspecified atom stereocenters. The standard InChI is InChI=1S/C19H29N7O/c1-14(27)25-10-4-5-16(25)13-24-11-8-15(9-12-24)19-21-20-17-6-7-18(23(2)3)22-26(17)19/h6-7,15-16H,4-5,8-13H2,1-3H3. The monoisotopic (exact) mass is 371 g/mol. The lowest BCUT2D eigenvalue weighted by Gasteiger charge is -2.35. The third-order valence-corrected chi connectivity index (χ3v) is 5.93. The summed E-state index contributed by atoms with van der Waals surface area (Å²) in [5.74, 6) is 2.48. The quantitative estimate of drug-likeness (QED) is 0.809. The molecule has 8 nitrogen and oxygen atoms in total. The zero-order valence-electron chi connectivity index (χ0n) is 16.5. The summed E-state index contributed by atoms with van der Waals surface area (Å²) >= 11 is 0. The van der Waals surface area contributed by atoms with Gasteiger partial charge in [-0.2, -0.15) is 4.52 Å². The summed E-state index contributed by atoms with van der Waals surface area (Å²) in [5, 5.41) is 13.4. The SMILES string of the molecule is CC(=O)N1CCCC1CN1CCC(c2nnc3ccc(N(C)C)nn23)CC1. The van der Waals surface area contributed by atoms with Crippen LogP contribution in [0.4, 0.5) is 5.82 Å². The number of likely N-dealkylation sites (tertiary alicyclic amines) is 2. The summed E-state index contributed by atoms with van der Waals surface area (Å²) in [6.07, 6.45) is 4.38. The van der Waals surface area contributed by atoms with Crippen molar-refractivity contribution >= 4 is 17.4 Å². The second-order valence-electron chi connectivity index (χ2n) is 8.00. The second kappa shape index (κ2) is 7.42. The predicted octanol–water partition coefficient (Wildman–Crippen LogP) is 1.38. The first kappa shape index (κ1) is 18.2. The first-order chi connectivity index (χ1) is 13.0. The summed E-state index contributed by atoms with van der Waals surface area (Å²) in [6.45, 7) is 5.68. The van der Waals surface area contributed by atoms with Crippen molar-refractivity contribution in [2.24, 2.45) is 0 Å². The van der Waals surface area contributed by atoms with E-state index in [-0.39, 0.29) is 5.91 Å². The highest BCUT2D eigenvalue weighted by atomic mass is 16.2. The van der Waals surface area contributed by atoms with Crippen molar-refractivity contribution in [2.75, 3.05) is 45.2 Å². The minimum Gasteiger partial charge on any atom is -0.361 e. The molecule has 146 valence electrons. The van der Waals surface area contributed by atoms with Crippen LogP contribution >= 0.6 is 0 Å². The molecule has 0 saturated carbocycles. The highest BCUT2D eigenvalue weighted by Crippen LogP contribution is 2.28. The fourth-order valence-corrected chi connectivity index (χ4v) is 4.40. The van der Waals surface area contributed by atoms with Crippen LogP contribution in [0.15, 0.2) is 12.1 Å². The van der Waals surface area contributed by atoms with E-state index < -0.39 is 0 Å². The van der Waals surface area contributed by atoms with Gasteiger partial charge in [0.05, 0.1) is 0 Å². The molecule has 1 atom stereocenters. The Kier molecular flexibility index (Phi) is 4.99. The van der Waals surface area contributed by atoms with E-state index >= 15 is 0 Å². The van der Waals surface area contributed by atoms with E-state index in [4.69, 9.17) is 5.10 Å². The van der Waals surface area contributed by atoms with Crippen LogP contribution in [-0.2, 0) is 4.79 Å². The molecule has 4 rings (SSSR count). The Balaban J connectivity index is 1.41. The van der Waals surface area contributed by atoms with Crippen LogP contribution in [0.3, 0.4) is 0 Å². The molecule has 2 fully saturated rings. The largest absolute Gasteiger partial charge is 0.361 e. The van der Waals surface area contributed by atoms with Gasteiger partial charge in [-0.3, -0.25) is 4.79 Å². The third kappa shape index (κ3) is 3.63. The van der Waals surface area contributed by atoms with Crippen LogP contribution in [0.25, 0.3) is 5.65 Å². The van der Waals surface area contributed by atoms with Crippen LogP contribution in [0, 0.1) is 0 Å². The number of anilines is 1. The maximum atomic E-state index is 11.8. The van der Waals surface area contributed by atoms with Crippen LogP contribution in [-0.4, -0.2) is 81.8 Å². The zero-order chi connectivity index (χ0) is 19.0. The molecule has 0 bridgehead atoms. The van der Waals surface area contributed by atoms with E-state index in [0.29, 0.717) is 12.0 Å². The topological polar surface area (TPSA) is 69.9 Å². The van der Waals surface area contributed by atoms with Crippen molar-refractivity contribution in [1.82, 2.24) is 29.6 Å². The smallest absolute Gasteiger partial charge is 0.219 e. The molecule has 0 spiro atoms. The highest BCUT2D eigenvalue weighted by Gasteiger charge is 2.31.